The number of halogens is 1. The molecular formula is C20H35FO4. The van der Waals surface area contributed by atoms with Gasteiger partial charge in [0.2, 0.25) is 0 Å². The molecule has 0 aliphatic rings. The monoisotopic (exact) mass is 358 g/mol. The minimum absolute atomic E-state index is 0.00987. The second kappa shape index (κ2) is 13.0. The number of hydrogen-bond acceptors (Lipinski definition) is 4. The minimum atomic E-state index is -1.01. The zero-order valence-electron chi connectivity index (χ0n) is 16.4. The van der Waals surface area contributed by atoms with Crippen molar-refractivity contribution in [2.24, 2.45) is 17.8 Å². The van der Waals surface area contributed by atoms with Crippen LogP contribution in [0.5, 0.6) is 0 Å². The van der Waals surface area contributed by atoms with E-state index in [0.29, 0.717) is 24.3 Å². The topological polar surface area (TPSA) is 63.6 Å². The molecule has 0 aromatic carbocycles. The normalized spacial score (nSPS) is 15.8. The molecule has 5 heteroatoms. The average molecular weight is 358 g/mol. The van der Waals surface area contributed by atoms with E-state index in [9.17, 15) is 14.0 Å². The van der Waals surface area contributed by atoms with Crippen LogP contribution in [0.3, 0.4) is 0 Å². The van der Waals surface area contributed by atoms with Crippen LogP contribution in [0.4, 0.5) is 4.39 Å². The zero-order chi connectivity index (χ0) is 19.4. The van der Waals surface area contributed by atoms with Gasteiger partial charge in [-0.15, -0.1) is 0 Å². The number of ether oxygens (including phenoxy) is 1. The lowest BCUT2D eigenvalue weighted by Crippen LogP contribution is -2.19. The van der Waals surface area contributed by atoms with Gasteiger partial charge in [-0.2, -0.15) is 0 Å². The quantitative estimate of drug-likeness (QED) is 0.304. The Bertz CT molecular complexity index is 431. The van der Waals surface area contributed by atoms with Crippen LogP contribution in [0, 0.1) is 17.8 Å². The molecule has 4 nitrogen and oxygen atoms in total. The number of allylic oxidation sites excluding steroid dienone is 1. The van der Waals surface area contributed by atoms with Gasteiger partial charge in [0, 0.05) is 11.8 Å². The van der Waals surface area contributed by atoms with Gasteiger partial charge in [0.25, 0.3) is 0 Å². The summed E-state index contributed by atoms with van der Waals surface area (Å²) >= 11 is 0. The summed E-state index contributed by atoms with van der Waals surface area (Å²) < 4.78 is 19.1. The molecular weight excluding hydrogens is 323 g/mol. The molecule has 0 fully saturated rings. The standard InChI is InChI=1S/C20H35FO4/c1-14(2)20(24)17(5)13-15(3)8-9-18(21)16(4)7-6-12-25-19(23)10-11-22/h7,14-15,17-18,22H,6,8-13H2,1-5H3/b16-7-. The van der Waals surface area contributed by atoms with Gasteiger partial charge >= 0.3 is 5.97 Å². The first-order valence-corrected chi connectivity index (χ1v) is 9.29. The van der Waals surface area contributed by atoms with Gasteiger partial charge in [-0.25, -0.2) is 4.39 Å². The van der Waals surface area contributed by atoms with Crippen LogP contribution in [0.1, 0.15) is 66.7 Å². The summed E-state index contributed by atoms with van der Waals surface area (Å²) in [5, 5.41) is 8.59. The summed E-state index contributed by atoms with van der Waals surface area (Å²) in [6, 6.07) is 0. The molecule has 0 aliphatic heterocycles. The van der Waals surface area contributed by atoms with Gasteiger partial charge in [-0.3, -0.25) is 9.59 Å². The van der Waals surface area contributed by atoms with Crippen LogP contribution >= 0.6 is 0 Å². The van der Waals surface area contributed by atoms with Crippen LogP contribution in [-0.4, -0.2) is 36.2 Å². The van der Waals surface area contributed by atoms with E-state index in [1.54, 1.807) is 13.0 Å². The van der Waals surface area contributed by atoms with Crippen molar-refractivity contribution in [3.8, 4) is 0 Å². The van der Waals surface area contributed by atoms with Gasteiger partial charge in [0.1, 0.15) is 12.0 Å². The Morgan fingerprint density at radius 1 is 1.16 bits per heavy atom. The summed E-state index contributed by atoms with van der Waals surface area (Å²) in [6.45, 7) is 9.57. The second-order valence-corrected chi connectivity index (χ2v) is 7.27. The Morgan fingerprint density at radius 3 is 2.36 bits per heavy atom. The van der Waals surface area contributed by atoms with E-state index in [1.807, 2.05) is 20.8 Å². The SMILES string of the molecule is C/C(=C/CCOC(=O)CCO)C(F)CCC(C)CC(C)C(=O)C(C)C. The van der Waals surface area contributed by atoms with Gasteiger partial charge in [-0.1, -0.05) is 33.8 Å². The van der Waals surface area contributed by atoms with E-state index in [1.165, 1.54) is 0 Å². The van der Waals surface area contributed by atoms with Crippen molar-refractivity contribution in [2.75, 3.05) is 13.2 Å². The number of aliphatic hydroxyl groups excluding tert-OH is 1. The van der Waals surface area contributed by atoms with Gasteiger partial charge in [-0.05, 0) is 44.1 Å². The number of carbonyl (C=O) groups is 2. The molecule has 0 spiro atoms. The van der Waals surface area contributed by atoms with Crippen LogP contribution in [0.2, 0.25) is 0 Å². The third kappa shape index (κ3) is 11.1. The molecule has 0 aliphatic carbocycles. The number of hydrogen-bond donors (Lipinski definition) is 1. The van der Waals surface area contributed by atoms with E-state index in [0.717, 1.165) is 12.8 Å². The Labute approximate surface area is 151 Å². The van der Waals surface area contributed by atoms with Crippen molar-refractivity contribution < 1.29 is 23.8 Å². The van der Waals surface area contributed by atoms with Gasteiger partial charge in [0.05, 0.1) is 19.6 Å². The molecule has 0 saturated carbocycles. The first kappa shape index (κ1) is 23.8. The van der Waals surface area contributed by atoms with E-state index >= 15 is 0 Å². The van der Waals surface area contributed by atoms with Crippen molar-refractivity contribution >= 4 is 11.8 Å². The molecule has 0 aromatic rings. The number of ketones is 1. The van der Waals surface area contributed by atoms with Crippen molar-refractivity contribution in [3.63, 3.8) is 0 Å². The number of carbonyl (C=O) groups excluding carboxylic acids is 2. The molecule has 146 valence electrons. The highest BCUT2D eigenvalue weighted by Gasteiger charge is 2.20. The van der Waals surface area contributed by atoms with Crippen LogP contribution < -0.4 is 0 Å². The van der Waals surface area contributed by atoms with E-state index in [2.05, 4.69) is 6.92 Å². The first-order chi connectivity index (χ1) is 11.7. The number of aliphatic hydroxyl groups is 1. The largest absolute Gasteiger partial charge is 0.465 e. The van der Waals surface area contributed by atoms with Crippen LogP contribution in [-0.2, 0) is 14.3 Å². The van der Waals surface area contributed by atoms with Crippen molar-refractivity contribution in [1.29, 1.82) is 0 Å². The fourth-order valence-electron chi connectivity index (χ4n) is 2.82. The zero-order valence-corrected chi connectivity index (χ0v) is 16.4. The molecule has 0 saturated heterocycles. The number of Topliss-reactive ketones (excluding diaryl/α,β-unsaturated/α-hetero) is 1. The molecule has 0 aromatic heterocycles. The Morgan fingerprint density at radius 2 is 1.80 bits per heavy atom. The minimum Gasteiger partial charge on any atom is -0.465 e. The highest BCUT2D eigenvalue weighted by molar-refractivity contribution is 5.82. The van der Waals surface area contributed by atoms with Crippen molar-refractivity contribution in [2.45, 2.75) is 72.9 Å². The van der Waals surface area contributed by atoms with Crippen molar-refractivity contribution in [1.82, 2.24) is 0 Å². The summed E-state index contributed by atoms with van der Waals surface area (Å²) in [4.78, 5) is 23.0. The van der Waals surface area contributed by atoms with Gasteiger partial charge in [0.15, 0.2) is 0 Å². The molecule has 3 atom stereocenters. The molecule has 25 heavy (non-hydrogen) atoms. The van der Waals surface area contributed by atoms with Gasteiger partial charge < -0.3 is 9.84 Å². The number of rotatable bonds is 13. The maximum Gasteiger partial charge on any atom is 0.308 e. The molecule has 0 rings (SSSR count). The summed E-state index contributed by atoms with van der Waals surface area (Å²) in [7, 11) is 0. The Hall–Kier alpha value is -1.23. The van der Waals surface area contributed by atoms with Crippen molar-refractivity contribution in [3.05, 3.63) is 11.6 Å². The van der Waals surface area contributed by atoms with E-state index in [4.69, 9.17) is 9.84 Å². The fraction of sp³-hybridized carbons (Fsp3) is 0.800. The molecule has 0 radical (unpaired) electrons. The molecule has 0 amide bonds. The third-order valence-electron chi connectivity index (χ3n) is 4.38. The predicted molar refractivity (Wildman–Crippen MR) is 98.0 cm³/mol. The van der Waals surface area contributed by atoms with Crippen LogP contribution in [0.15, 0.2) is 11.6 Å². The number of alkyl halides is 1. The third-order valence-corrected chi connectivity index (χ3v) is 4.38. The van der Waals surface area contributed by atoms with E-state index < -0.39 is 12.1 Å². The number of esters is 1. The second-order valence-electron chi connectivity index (χ2n) is 7.27. The lowest BCUT2D eigenvalue weighted by Gasteiger charge is -2.19. The average Bonchev–Trinajstić information content (AvgIpc) is 2.55. The summed E-state index contributed by atoms with van der Waals surface area (Å²) in [5.74, 6) is 0.217. The fourth-order valence-corrected chi connectivity index (χ4v) is 2.82. The van der Waals surface area contributed by atoms with Crippen LogP contribution in [0.25, 0.3) is 0 Å². The Kier molecular flexibility index (Phi) is 12.4. The highest BCUT2D eigenvalue weighted by atomic mass is 19.1. The predicted octanol–water partition coefficient (Wildman–Crippen LogP) is 4.25. The Balaban J connectivity index is 4.10. The summed E-state index contributed by atoms with van der Waals surface area (Å²) in [6.07, 6.45) is 3.19. The summed E-state index contributed by atoms with van der Waals surface area (Å²) in [5.41, 5.74) is 0.650. The highest BCUT2D eigenvalue weighted by Crippen LogP contribution is 2.23. The lowest BCUT2D eigenvalue weighted by molar-refractivity contribution is -0.144. The lowest BCUT2D eigenvalue weighted by atomic mass is 9.86. The molecule has 0 heterocycles. The molecule has 1 N–H and O–H groups in total. The first-order valence-electron chi connectivity index (χ1n) is 9.29. The maximum atomic E-state index is 14.2. The molecule has 3 unspecified atom stereocenters. The maximum absolute atomic E-state index is 14.2. The van der Waals surface area contributed by atoms with E-state index in [-0.39, 0.29) is 37.3 Å². The molecule has 0 bridgehead atoms. The smallest absolute Gasteiger partial charge is 0.308 e.